The molecule has 0 atom stereocenters. The van der Waals surface area contributed by atoms with E-state index in [0.717, 1.165) is 44.5 Å². The van der Waals surface area contributed by atoms with Crippen molar-refractivity contribution in [3.05, 3.63) is 79.9 Å². The van der Waals surface area contributed by atoms with E-state index in [0.29, 0.717) is 5.92 Å². The van der Waals surface area contributed by atoms with E-state index in [1.807, 2.05) is 24.3 Å². The van der Waals surface area contributed by atoms with Crippen LogP contribution in [0.15, 0.2) is 48.5 Å². The van der Waals surface area contributed by atoms with E-state index in [4.69, 9.17) is 0 Å². The van der Waals surface area contributed by atoms with Crippen LogP contribution in [-0.2, 0) is 6.42 Å². The summed E-state index contributed by atoms with van der Waals surface area (Å²) in [6, 6.07) is 13.6. The van der Waals surface area contributed by atoms with Gasteiger partial charge in [0.05, 0.1) is 9.85 Å². The van der Waals surface area contributed by atoms with Crippen molar-refractivity contribution in [2.45, 2.75) is 25.2 Å². The molecule has 0 bridgehead atoms. The second kappa shape index (κ2) is 8.05. The number of hydrogen-bond donors (Lipinski definition) is 0. The van der Waals surface area contributed by atoms with Gasteiger partial charge in [-0.15, -0.1) is 0 Å². The minimum atomic E-state index is -0.382. The molecule has 0 saturated carbocycles. The van der Waals surface area contributed by atoms with Crippen LogP contribution in [0.3, 0.4) is 0 Å². The number of nitro benzene ring substituents is 2. The summed E-state index contributed by atoms with van der Waals surface area (Å²) in [5.74, 6) is 0.450. The molecule has 26 heavy (non-hydrogen) atoms. The van der Waals surface area contributed by atoms with E-state index in [1.165, 1.54) is 5.56 Å². The van der Waals surface area contributed by atoms with Crippen molar-refractivity contribution in [1.82, 2.24) is 4.90 Å². The van der Waals surface area contributed by atoms with Crippen molar-refractivity contribution in [1.29, 1.82) is 0 Å². The molecule has 1 aliphatic rings. The monoisotopic (exact) mass is 355 g/mol. The van der Waals surface area contributed by atoms with E-state index in [2.05, 4.69) is 4.90 Å². The molecule has 136 valence electrons. The molecule has 0 aliphatic carbocycles. The summed E-state index contributed by atoms with van der Waals surface area (Å²) in [4.78, 5) is 23.1. The van der Waals surface area contributed by atoms with Crippen LogP contribution in [0.1, 0.15) is 29.9 Å². The lowest BCUT2D eigenvalue weighted by molar-refractivity contribution is -0.385. The molecule has 1 aliphatic heterocycles. The molecule has 0 aromatic heterocycles. The molecule has 2 aromatic rings. The average Bonchev–Trinajstić information content (AvgIpc) is 2.67. The van der Waals surface area contributed by atoms with Gasteiger partial charge in [-0.2, -0.15) is 0 Å². The molecule has 1 saturated heterocycles. The highest BCUT2D eigenvalue weighted by Gasteiger charge is 2.21. The largest absolute Gasteiger partial charge is 0.303 e. The molecular weight excluding hydrogens is 334 g/mol. The lowest BCUT2D eigenvalue weighted by Crippen LogP contribution is -2.34. The summed E-state index contributed by atoms with van der Waals surface area (Å²) in [5.41, 5.74) is 2.53. The van der Waals surface area contributed by atoms with Gasteiger partial charge in [0.15, 0.2) is 0 Å². The van der Waals surface area contributed by atoms with Crippen LogP contribution >= 0.6 is 0 Å². The predicted octanol–water partition coefficient (Wildman–Crippen LogP) is 3.93. The highest BCUT2D eigenvalue weighted by atomic mass is 16.6. The molecule has 0 N–H and O–H groups in total. The van der Waals surface area contributed by atoms with Crippen molar-refractivity contribution in [3.63, 3.8) is 0 Å². The van der Waals surface area contributed by atoms with Crippen LogP contribution in [0.25, 0.3) is 0 Å². The lowest BCUT2D eigenvalue weighted by Gasteiger charge is -2.32. The van der Waals surface area contributed by atoms with Crippen molar-refractivity contribution >= 4 is 11.4 Å². The number of likely N-dealkylation sites (tertiary alicyclic amines) is 1. The summed E-state index contributed by atoms with van der Waals surface area (Å²) in [5, 5.41) is 21.4. The Kier molecular flexibility index (Phi) is 5.58. The average molecular weight is 355 g/mol. The van der Waals surface area contributed by atoms with Gasteiger partial charge < -0.3 is 4.90 Å². The fourth-order valence-electron chi connectivity index (χ4n) is 3.43. The third-order valence-electron chi connectivity index (χ3n) is 5.03. The Morgan fingerprint density at radius 2 is 1.35 bits per heavy atom. The molecule has 0 spiro atoms. The van der Waals surface area contributed by atoms with Gasteiger partial charge >= 0.3 is 0 Å². The number of nitrogens with zero attached hydrogens (tertiary/aromatic N) is 3. The minimum absolute atomic E-state index is 0.123. The Labute approximate surface area is 151 Å². The first kappa shape index (κ1) is 18.0. The fourth-order valence-corrected chi connectivity index (χ4v) is 3.43. The van der Waals surface area contributed by atoms with Crippen molar-refractivity contribution in [3.8, 4) is 0 Å². The zero-order valence-electron chi connectivity index (χ0n) is 14.4. The Balaban J connectivity index is 1.47. The maximum Gasteiger partial charge on any atom is 0.269 e. The maximum absolute atomic E-state index is 10.7. The summed E-state index contributed by atoms with van der Waals surface area (Å²) < 4.78 is 0. The summed E-state index contributed by atoms with van der Waals surface area (Å²) >= 11 is 0. The predicted molar refractivity (Wildman–Crippen MR) is 98.3 cm³/mol. The van der Waals surface area contributed by atoms with Crippen molar-refractivity contribution in [2.24, 2.45) is 0 Å². The van der Waals surface area contributed by atoms with Crippen LogP contribution in [0, 0.1) is 20.2 Å². The van der Waals surface area contributed by atoms with Gasteiger partial charge in [-0.3, -0.25) is 20.2 Å². The minimum Gasteiger partial charge on any atom is -0.303 e. The Morgan fingerprint density at radius 3 is 1.85 bits per heavy atom. The van der Waals surface area contributed by atoms with Gasteiger partial charge in [0.25, 0.3) is 11.4 Å². The Morgan fingerprint density at radius 1 is 0.846 bits per heavy atom. The summed E-state index contributed by atoms with van der Waals surface area (Å²) in [6.07, 6.45) is 2.95. The van der Waals surface area contributed by atoms with E-state index >= 15 is 0 Å². The van der Waals surface area contributed by atoms with E-state index in [9.17, 15) is 20.2 Å². The Hall–Kier alpha value is -2.80. The molecule has 7 nitrogen and oxygen atoms in total. The first-order chi connectivity index (χ1) is 12.5. The number of piperidine rings is 1. The van der Waals surface area contributed by atoms with Crippen LogP contribution in [0.4, 0.5) is 11.4 Å². The molecular formula is C19H21N3O4. The van der Waals surface area contributed by atoms with Gasteiger partial charge in [0, 0.05) is 30.8 Å². The Bertz CT molecular complexity index is 766. The van der Waals surface area contributed by atoms with E-state index in [1.54, 1.807) is 24.3 Å². The van der Waals surface area contributed by atoms with Gasteiger partial charge in [0.1, 0.15) is 0 Å². The zero-order chi connectivity index (χ0) is 18.5. The van der Waals surface area contributed by atoms with Crippen molar-refractivity contribution in [2.75, 3.05) is 19.6 Å². The SMILES string of the molecule is O=[N+]([O-])c1ccc(CCN2CCC(c3ccc([N+](=O)[O-])cc3)CC2)cc1. The third kappa shape index (κ3) is 4.43. The molecule has 7 heteroatoms. The number of rotatable bonds is 6. The van der Waals surface area contributed by atoms with E-state index in [-0.39, 0.29) is 21.2 Å². The summed E-state index contributed by atoms with van der Waals surface area (Å²) in [7, 11) is 0. The molecule has 0 radical (unpaired) electrons. The molecule has 2 aromatic carbocycles. The normalized spacial score (nSPS) is 15.7. The van der Waals surface area contributed by atoms with Gasteiger partial charge in [-0.25, -0.2) is 0 Å². The molecule has 3 rings (SSSR count). The van der Waals surface area contributed by atoms with Gasteiger partial charge in [0.2, 0.25) is 0 Å². The van der Waals surface area contributed by atoms with Crippen LogP contribution in [-0.4, -0.2) is 34.4 Å². The number of nitro groups is 2. The number of non-ortho nitro benzene ring substituents is 2. The fraction of sp³-hybridized carbons (Fsp3) is 0.368. The van der Waals surface area contributed by atoms with Crippen LogP contribution in [0.2, 0.25) is 0 Å². The standard InChI is InChI=1S/C19H21N3O4/c23-21(24)18-5-1-15(2-6-18)9-12-20-13-10-17(11-14-20)16-3-7-19(8-4-16)22(25)26/h1-8,17H,9-14H2. The lowest BCUT2D eigenvalue weighted by atomic mass is 9.89. The van der Waals surface area contributed by atoms with Gasteiger partial charge in [-0.1, -0.05) is 24.3 Å². The van der Waals surface area contributed by atoms with Crippen LogP contribution in [0.5, 0.6) is 0 Å². The van der Waals surface area contributed by atoms with Crippen molar-refractivity contribution < 1.29 is 9.85 Å². The quantitative estimate of drug-likeness (QED) is 0.578. The molecule has 0 unspecified atom stereocenters. The smallest absolute Gasteiger partial charge is 0.269 e. The number of hydrogen-bond acceptors (Lipinski definition) is 5. The number of benzene rings is 2. The molecule has 0 amide bonds. The third-order valence-corrected chi connectivity index (χ3v) is 5.03. The topological polar surface area (TPSA) is 89.5 Å². The van der Waals surface area contributed by atoms with E-state index < -0.39 is 0 Å². The first-order valence-corrected chi connectivity index (χ1v) is 8.73. The molecule has 1 fully saturated rings. The summed E-state index contributed by atoms with van der Waals surface area (Å²) in [6.45, 7) is 2.92. The van der Waals surface area contributed by atoms with Gasteiger partial charge in [-0.05, 0) is 49.4 Å². The molecule has 1 heterocycles. The second-order valence-corrected chi connectivity index (χ2v) is 6.64. The van der Waals surface area contributed by atoms with Crippen LogP contribution < -0.4 is 0 Å². The zero-order valence-corrected chi connectivity index (χ0v) is 14.4. The highest BCUT2D eigenvalue weighted by molar-refractivity contribution is 5.35. The maximum atomic E-state index is 10.7. The first-order valence-electron chi connectivity index (χ1n) is 8.73. The highest BCUT2D eigenvalue weighted by Crippen LogP contribution is 2.29. The second-order valence-electron chi connectivity index (χ2n) is 6.64.